The van der Waals surface area contributed by atoms with Gasteiger partial charge in [0.25, 0.3) is 0 Å². The number of aliphatic hydroxyl groups excluding tert-OH is 2. The van der Waals surface area contributed by atoms with Crippen molar-refractivity contribution in [3.8, 4) is 5.75 Å². The molecule has 1 saturated carbocycles. The Bertz CT molecular complexity index is 740. The molecule has 1 aromatic rings. The van der Waals surface area contributed by atoms with Crippen LogP contribution in [0.3, 0.4) is 0 Å². The van der Waals surface area contributed by atoms with Crippen LogP contribution in [0, 0.1) is 0 Å². The zero-order chi connectivity index (χ0) is 20.1. The highest BCUT2D eigenvalue weighted by Crippen LogP contribution is 2.32. The first-order chi connectivity index (χ1) is 12.7. The fourth-order valence-electron chi connectivity index (χ4n) is 2.80. The van der Waals surface area contributed by atoms with Crippen LogP contribution in [0.2, 0.25) is 0 Å². The lowest BCUT2D eigenvalue weighted by Gasteiger charge is -2.39. The van der Waals surface area contributed by atoms with Gasteiger partial charge in [0.05, 0.1) is 18.3 Å². The van der Waals surface area contributed by atoms with Crippen LogP contribution < -0.4 is 39.1 Å². The second kappa shape index (κ2) is 8.37. The Morgan fingerprint density at radius 1 is 0.963 bits per heavy atom. The third-order valence-corrected chi connectivity index (χ3v) is 3.85. The van der Waals surface area contributed by atoms with Crippen molar-refractivity contribution in [3.05, 3.63) is 18.5 Å². The van der Waals surface area contributed by atoms with E-state index >= 15 is 0 Å². The maximum absolute atomic E-state index is 10.6. The molecule has 1 aliphatic rings. The van der Waals surface area contributed by atoms with Crippen LogP contribution in [0.15, 0.2) is 33.4 Å². The fourth-order valence-corrected chi connectivity index (χ4v) is 2.80. The number of aliphatic hydroxyl groups is 2. The monoisotopic (exact) mass is 380 g/mol. The average Bonchev–Trinajstić information content (AvgIpc) is 2.56. The lowest BCUT2D eigenvalue weighted by molar-refractivity contribution is -0.0898. The molecule has 5 atom stereocenters. The predicted octanol–water partition coefficient (Wildman–Crippen LogP) is -3.86. The molecule has 13 heteroatoms. The van der Waals surface area contributed by atoms with Crippen LogP contribution in [-0.2, 0) is 0 Å². The van der Waals surface area contributed by atoms with Crippen LogP contribution in [0.4, 0.5) is 5.69 Å². The van der Waals surface area contributed by atoms with E-state index in [4.69, 9.17) is 39.1 Å². The standard InChI is InChI=1S/C14H24N10O3/c15-12(16)22-5-1-2-21-4-8(5)27-11-7(24-14(19)20)3-6(23-13(17)18)9(25)10(11)26/h1-2,4,6-7,9-11,25-26H,3H2,(H4,17,18,23)(H4,19,20,24)(H4,15,16,21,22)/t6-,7+,9+,10-,11-/m1/s1. The third-order valence-electron chi connectivity index (χ3n) is 3.85. The molecule has 1 heterocycles. The largest absolute Gasteiger partial charge is 0.481 e. The minimum Gasteiger partial charge on any atom is -0.481 e. The summed E-state index contributed by atoms with van der Waals surface area (Å²) in [5, 5.41) is 20.9. The number of aliphatic imine (C=N–C) groups is 3. The quantitative estimate of drug-likeness (QED) is 0.182. The van der Waals surface area contributed by atoms with E-state index in [-0.39, 0.29) is 35.7 Å². The second-order valence-corrected chi connectivity index (χ2v) is 5.92. The smallest absolute Gasteiger partial charge is 0.191 e. The summed E-state index contributed by atoms with van der Waals surface area (Å²) < 4.78 is 5.82. The Morgan fingerprint density at radius 3 is 2.19 bits per heavy atom. The van der Waals surface area contributed by atoms with Crippen molar-refractivity contribution in [1.29, 1.82) is 0 Å². The van der Waals surface area contributed by atoms with Crippen molar-refractivity contribution in [3.63, 3.8) is 0 Å². The minimum atomic E-state index is -1.41. The van der Waals surface area contributed by atoms with Crippen molar-refractivity contribution >= 4 is 23.6 Å². The average molecular weight is 380 g/mol. The van der Waals surface area contributed by atoms with Gasteiger partial charge in [0, 0.05) is 6.20 Å². The predicted molar refractivity (Wildman–Crippen MR) is 99.9 cm³/mol. The molecule has 2 rings (SSSR count). The fraction of sp³-hybridized carbons (Fsp3) is 0.429. The molecule has 27 heavy (non-hydrogen) atoms. The first-order valence-corrected chi connectivity index (χ1v) is 7.93. The summed E-state index contributed by atoms with van der Waals surface area (Å²) in [5.74, 6) is -0.491. The van der Waals surface area contributed by atoms with Crippen molar-refractivity contribution < 1.29 is 14.9 Å². The summed E-state index contributed by atoms with van der Waals surface area (Å²) in [6.07, 6.45) is -0.822. The van der Waals surface area contributed by atoms with Gasteiger partial charge in [0.15, 0.2) is 23.6 Å². The number of rotatable bonds is 5. The summed E-state index contributed by atoms with van der Waals surface area (Å²) in [4.78, 5) is 15.9. The number of hydrogen-bond donors (Lipinski definition) is 8. The molecular formula is C14H24N10O3. The molecule has 14 N–H and O–H groups in total. The number of guanidine groups is 3. The van der Waals surface area contributed by atoms with Crippen molar-refractivity contribution in [1.82, 2.24) is 4.98 Å². The zero-order valence-electron chi connectivity index (χ0n) is 14.4. The van der Waals surface area contributed by atoms with E-state index in [2.05, 4.69) is 20.0 Å². The van der Waals surface area contributed by atoms with E-state index in [1.54, 1.807) is 0 Å². The summed E-state index contributed by atoms with van der Waals surface area (Å²) >= 11 is 0. The second-order valence-electron chi connectivity index (χ2n) is 5.92. The topological polar surface area (TPSA) is 256 Å². The van der Waals surface area contributed by atoms with Crippen molar-refractivity contribution in [2.75, 3.05) is 0 Å². The van der Waals surface area contributed by atoms with E-state index in [0.29, 0.717) is 0 Å². The first-order valence-electron chi connectivity index (χ1n) is 7.93. The number of ether oxygens (including phenoxy) is 1. The molecule has 0 spiro atoms. The SMILES string of the molecule is NC(N)=Nc1ccncc1O[C@H]1[C@H](O)[C@@H](O)[C@H](N=C(N)N)C[C@@H]1N=C(N)N. The first kappa shape index (κ1) is 20.0. The van der Waals surface area contributed by atoms with Crippen LogP contribution >= 0.6 is 0 Å². The molecule has 148 valence electrons. The van der Waals surface area contributed by atoms with Gasteiger partial charge < -0.3 is 49.4 Å². The van der Waals surface area contributed by atoms with Crippen molar-refractivity contribution in [2.45, 2.75) is 36.8 Å². The lowest BCUT2D eigenvalue weighted by Crippen LogP contribution is -2.58. The highest BCUT2D eigenvalue weighted by atomic mass is 16.5. The van der Waals surface area contributed by atoms with Crippen LogP contribution in [0.25, 0.3) is 0 Å². The number of pyridine rings is 1. The number of nitrogens with two attached hydrogens (primary N) is 6. The molecule has 0 radical (unpaired) electrons. The third kappa shape index (κ3) is 5.08. The van der Waals surface area contributed by atoms with Gasteiger partial charge in [-0.3, -0.25) is 4.98 Å². The Labute approximate surface area is 154 Å². The number of nitrogens with zero attached hydrogens (tertiary/aromatic N) is 4. The molecule has 1 fully saturated rings. The Balaban J connectivity index is 2.37. The van der Waals surface area contributed by atoms with Gasteiger partial charge in [0.1, 0.15) is 24.0 Å². The van der Waals surface area contributed by atoms with E-state index in [1.807, 2.05) is 0 Å². The normalized spacial score (nSPS) is 27.3. The molecule has 0 aliphatic heterocycles. The summed E-state index contributed by atoms with van der Waals surface area (Å²) in [6, 6.07) is -0.0591. The maximum atomic E-state index is 10.6. The van der Waals surface area contributed by atoms with E-state index in [1.165, 1.54) is 18.5 Å². The molecule has 1 aromatic heterocycles. The van der Waals surface area contributed by atoms with Crippen molar-refractivity contribution in [2.24, 2.45) is 49.4 Å². The number of aromatic nitrogens is 1. The Morgan fingerprint density at radius 2 is 1.59 bits per heavy atom. The molecule has 1 aliphatic carbocycles. The molecule has 0 aromatic carbocycles. The molecule has 0 saturated heterocycles. The Hall–Kier alpha value is -3.32. The lowest BCUT2D eigenvalue weighted by atomic mass is 9.84. The molecular weight excluding hydrogens is 356 g/mol. The highest BCUT2D eigenvalue weighted by Gasteiger charge is 2.45. The van der Waals surface area contributed by atoms with Crippen LogP contribution in [0.5, 0.6) is 5.75 Å². The van der Waals surface area contributed by atoms with Gasteiger partial charge in [-0.1, -0.05) is 0 Å². The number of hydrogen-bond acceptors (Lipinski definition) is 7. The molecule has 0 amide bonds. The van der Waals surface area contributed by atoms with E-state index in [9.17, 15) is 10.2 Å². The van der Waals surface area contributed by atoms with E-state index in [0.717, 1.165) is 0 Å². The zero-order valence-corrected chi connectivity index (χ0v) is 14.4. The molecule has 0 unspecified atom stereocenters. The van der Waals surface area contributed by atoms with Gasteiger partial charge in [-0.2, -0.15) is 0 Å². The maximum Gasteiger partial charge on any atom is 0.191 e. The molecule has 13 nitrogen and oxygen atoms in total. The van der Waals surface area contributed by atoms with Gasteiger partial charge in [-0.15, -0.1) is 0 Å². The van der Waals surface area contributed by atoms with Gasteiger partial charge in [-0.05, 0) is 12.5 Å². The van der Waals surface area contributed by atoms with E-state index < -0.39 is 30.4 Å². The highest BCUT2D eigenvalue weighted by molar-refractivity contribution is 5.80. The van der Waals surface area contributed by atoms with Gasteiger partial charge in [0.2, 0.25) is 0 Å². The summed E-state index contributed by atoms with van der Waals surface area (Å²) in [5.41, 5.74) is 32.8. The van der Waals surface area contributed by atoms with Crippen LogP contribution in [0.1, 0.15) is 6.42 Å². The Kier molecular flexibility index (Phi) is 6.20. The summed E-state index contributed by atoms with van der Waals surface area (Å²) in [7, 11) is 0. The molecule has 0 bridgehead atoms. The minimum absolute atomic E-state index is 0.122. The van der Waals surface area contributed by atoms with Gasteiger partial charge in [-0.25, -0.2) is 15.0 Å². The summed E-state index contributed by atoms with van der Waals surface area (Å²) in [6.45, 7) is 0. The van der Waals surface area contributed by atoms with Gasteiger partial charge >= 0.3 is 0 Å². The van der Waals surface area contributed by atoms with Crippen LogP contribution in [-0.4, -0.2) is 63.5 Å².